The van der Waals surface area contributed by atoms with Crippen molar-refractivity contribution in [2.24, 2.45) is 5.92 Å². The van der Waals surface area contributed by atoms with Crippen LogP contribution in [0.3, 0.4) is 0 Å². The molecule has 0 saturated heterocycles. The smallest absolute Gasteiger partial charge is 0.266 e. The molecule has 0 spiro atoms. The molecule has 0 radical (unpaired) electrons. The zero-order valence-corrected chi connectivity index (χ0v) is 15.7. The SMILES string of the molecule is CCS(=O)(=O)NC1CCCCC1COS(=O)(=O)c1ccc(C)cc1. The van der Waals surface area contributed by atoms with Crippen LogP contribution in [0.2, 0.25) is 0 Å². The van der Waals surface area contributed by atoms with E-state index >= 15 is 0 Å². The van der Waals surface area contributed by atoms with Gasteiger partial charge in [-0.1, -0.05) is 30.5 Å². The van der Waals surface area contributed by atoms with Gasteiger partial charge >= 0.3 is 0 Å². The standard InChI is InChI=1S/C16H25NO5S2/c1-3-23(18,19)17-16-7-5-4-6-14(16)12-22-24(20,21)15-10-8-13(2)9-11-15/h8-11,14,16-17H,3-7,12H2,1-2H3. The van der Waals surface area contributed by atoms with E-state index in [9.17, 15) is 16.8 Å². The monoisotopic (exact) mass is 375 g/mol. The molecule has 2 rings (SSSR count). The fourth-order valence-electron chi connectivity index (χ4n) is 2.83. The van der Waals surface area contributed by atoms with Gasteiger partial charge < -0.3 is 0 Å². The predicted octanol–water partition coefficient (Wildman–Crippen LogP) is 2.20. The van der Waals surface area contributed by atoms with E-state index in [-0.39, 0.29) is 29.2 Å². The molecule has 24 heavy (non-hydrogen) atoms. The van der Waals surface area contributed by atoms with E-state index in [0.717, 1.165) is 24.8 Å². The molecule has 1 aliphatic rings. The molecule has 0 amide bonds. The van der Waals surface area contributed by atoms with Gasteiger partial charge in [-0.15, -0.1) is 0 Å². The highest BCUT2D eigenvalue weighted by Gasteiger charge is 2.30. The quantitative estimate of drug-likeness (QED) is 0.738. The van der Waals surface area contributed by atoms with E-state index in [1.165, 1.54) is 12.1 Å². The first-order valence-corrected chi connectivity index (χ1v) is 11.3. The Bertz CT molecular complexity index is 741. The molecule has 2 atom stereocenters. The lowest BCUT2D eigenvalue weighted by Gasteiger charge is -2.31. The van der Waals surface area contributed by atoms with Gasteiger partial charge in [0, 0.05) is 12.0 Å². The predicted molar refractivity (Wildman–Crippen MR) is 92.7 cm³/mol. The molecule has 1 aliphatic carbocycles. The highest BCUT2D eigenvalue weighted by atomic mass is 32.2. The number of aryl methyl sites for hydroxylation is 1. The van der Waals surface area contributed by atoms with Crippen molar-refractivity contribution in [2.75, 3.05) is 12.4 Å². The first-order valence-electron chi connectivity index (χ1n) is 8.19. The Morgan fingerprint density at radius 2 is 1.71 bits per heavy atom. The van der Waals surface area contributed by atoms with Crippen LogP contribution in [0.15, 0.2) is 29.2 Å². The molecular formula is C16H25NO5S2. The van der Waals surface area contributed by atoms with Crippen molar-refractivity contribution in [1.29, 1.82) is 0 Å². The van der Waals surface area contributed by atoms with Crippen molar-refractivity contribution in [3.05, 3.63) is 29.8 Å². The van der Waals surface area contributed by atoms with Crippen molar-refractivity contribution in [3.63, 3.8) is 0 Å². The molecule has 6 nitrogen and oxygen atoms in total. The van der Waals surface area contributed by atoms with Gasteiger partial charge in [0.2, 0.25) is 10.0 Å². The van der Waals surface area contributed by atoms with Crippen LogP contribution in [0, 0.1) is 12.8 Å². The van der Waals surface area contributed by atoms with Gasteiger partial charge in [0.25, 0.3) is 10.1 Å². The number of nitrogens with one attached hydrogen (secondary N) is 1. The molecule has 1 aromatic carbocycles. The second-order valence-electron chi connectivity index (χ2n) is 6.22. The Morgan fingerprint density at radius 3 is 2.33 bits per heavy atom. The molecule has 8 heteroatoms. The Hall–Kier alpha value is -0.960. The van der Waals surface area contributed by atoms with Crippen molar-refractivity contribution < 1.29 is 21.0 Å². The molecule has 1 saturated carbocycles. The van der Waals surface area contributed by atoms with E-state index in [1.54, 1.807) is 19.1 Å². The fraction of sp³-hybridized carbons (Fsp3) is 0.625. The summed E-state index contributed by atoms with van der Waals surface area (Å²) in [6, 6.07) is 6.20. The minimum Gasteiger partial charge on any atom is -0.266 e. The van der Waals surface area contributed by atoms with Crippen LogP contribution < -0.4 is 4.72 Å². The van der Waals surface area contributed by atoms with Gasteiger partial charge in [-0.05, 0) is 38.8 Å². The third-order valence-corrected chi connectivity index (χ3v) is 7.08. The summed E-state index contributed by atoms with van der Waals surface area (Å²) in [4.78, 5) is 0.120. The van der Waals surface area contributed by atoms with E-state index in [1.807, 2.05) is 6.92 Å². The summed E-state index contributed by atoms with van der Waals surface area (Å²) in [5.41, 5.74) is 0.968. The number of hydrogen-bond donors (Lipinski definition) is 1. The summed E-state index contributed by atoms with van der Waals surface area (Å²) < 4.78 is 56.0. The largest absolute Gasteiger partial charge is 0.296 e. The van der Waals surface area contributed by atoms with Crippen LogP contribution in [0.25, 0.3) is 0 Å². The van der Waals surface area contributed by atoms with Crippen LogP contribution in [0.4, 0.5) is 0 Å². The molecule has 136 valence electrons. The van der Waals surface area contributed by atoms with E-state index < -0.39 is 20.1 Å². The summed E-state index contributed by atoms with van der Waals surface area (Å²) in [6.45, 7) is 3.45. The Morgan fingerprint density at radius 1 is 1.08 bits per heavy atom. The van der Waals surface area contributed by atoms with Crippen molar-refractivity contribution in [1.82, 2.24) is 4.72 Å². The summed E-state index contributed by atoms with van der Waals surface area (Å²) in [5.74, 6) is -0.126. The van der Waals surface area contributed by atoms with E-state index in [0.29, 0.717) is 6.42 Å². The maximum atomic E-state index is 12.3. The zero-order chi connectivity index (χ0) is 17.8. The van der Waals surface area contributed by atoms with Gasteiger partial charge in [-0.2, -0.15) is 8.42 Å². The second-order valence-corrected chi connectivity index (χ2v) is 9.88. The average Bonchev–Trinajstić information content (AvgIpc) is 2.54. The van der Waals surface area contributed by atoms with Gasteiger partial charge in [0.1, 0.15) is 0 Å². The molecule has 0 heterocycles. The Kier molecular flexibility index (Phi) is 6.41. The first kappa shape index (κ1) is 19.4. The van der Waals surface area contributed by atoms with Crippen LogP contribution in [-0.4, -0.2) is 35.2 Å². The summed E-state index contributed by atoms with van der Waals surface area (Å²) in [7, 11) is -7.14. The van der Waals surface area contributed by atoms with Crippen LogP contribution in [-0.2, 0) is 24.3 Å². The van der Waals surface area contributed by atoms with Gasteiger partial charge in [-0.3, -0.25) is 4.18 Å². The third kappa shape index (κ3) is 5.27. The number of rotatable bonds is 7. The highest BCUT2D eigenvalue weighted by molar-refractivity contribution is 7.89. The van der Waals surface area contributed by atoms with E-state index in [2.05, 4.69) is 4.72 Å². The molecule has 0 bridgehead atoms. The molecule has 1 aromatic rings. The van der Waals surface area contributed by atoms with Crippen LogP contribution >= 0.6 is 0 Å². The van der Waals surface area contributed by atoms with Crippen LogP contribution in [0.5, 0.6) is 0 Å². The molecule has 0 aromatic heterocycles. The fourth-order valence-corrected chi connectivity index (χ4v) is 4.72. The Labute approximate surface area is 144 Å². The van der Waals surface area contributed by atoms with Gasteiger partial charge in [-0.25, -0.2) is 13.1 Å². The maximum Gasteiger partial charge on any atom is 0.296 e. The Balaban J connectivity index is 2.03. The number of hydrogen-bond acceptors (Lipinski definition) is 5. The molecule has 1 N–H and O–H groups in total. The molecule has 2 unspecified atom stereocenters. The average molecular weight is 376 g/mol. The molecule has 0 aliphatic heterocycles. The summed E-state index contributed by atoms with van der Waals surface area (Å²) in [5, 5.41) is 0. The lowest BCUT2D eigenvalue weighted by atomic mass is 9.86. The first-order chi connectivity index (χ1) is 11.2. The second kappa shape index (κ2) is 7.95. The minimum atomic E-state index is -3.83. The van der Waals surface area contributed by atoms with Crippen molar-refractivity contribution >= 4 is 20.1 Å². The number of benzene rings is 1. The van der Waals surface area contributed by atoms with Crippen LogP contribution in [0.1, 0.15) is 38.2 Å². The summed E-state index contributed by atoms with van der Waals surface area (Å²) in [6.07, 6.45) is 3.33. The van der Waals surface area contributed by atoms with Gasteiger partial charge in [0.15, 0.2) is 0 Å². The van der Waals surface area contributed by atoms with Crippen molar-refractivity contribution in [2.45, 2.75) is 50.5 Å². The van der Waals surface area contributed by atoms with E-state index in [4.69, 9.17) is 4.18 Å². The zero-order valence-electron chi connectivity index (χ0n) is 14.1. The molecule has 1 fully saturated rings. The minimum absolute atomic E-state index is 0.00683. The van der Waals surface area contributed by atoms with Gasteiger partial charge in [0.05, 0.1) is 17.3 Å². The van der Waals surface area contributed by atoms with Crippen molar-refractivity contribution in [3.8, 4) is 0 Å². The highest BCUT2D eigenvalue weighted by Crippen LogP contribution is 2.26. The lowest BCUT2D eigenvalue weighted by molar-refractivity contribution is 0.185. The maximum absolute atomic E-state index is 12.3. The molecular weight excluding hydrogens is 350 g/mol. The normalized spacial score (nSPS) is 22.4. The lowest BCUT2D eigenvalue weighted by Crippen LogP contribution is -2.44. The topological polar surface area (TPSA) is 89.5 Å². The third-order valence-electron chi connectivity index (χ3n) is 4.37. The number of sulfonamides is 1. The summed E-state index contributed by atoms with van der Waals surface area (Å²) >= 11 is 0.